The Hall–Kier alpha value is -1.99. The Morgan fingerprint density at radius 1 is 1.19 bits per heavy atom. The average molecular weight is 398 g/mol. The maximum Gasteiger partial charge on any atom is 0.410 e. The number of hydrogen-bond donors (Lipinski definition) is 1. The third kappa shape index (κ3) is 6.59. The van der Waals surface area contributed by atoms with Crippen molar-refractivity contribution in [1.29, 1.82) is 0 Å². The molecule has 0 aromatic heterocycles. The predicted octanol–water partition coefficient (Wildman–Crippen LogP) is 2.63. The van der Waals surface area contributed by atoms with Crippen molar-refractivity contribution in [2.45, 2.75) is 26.4 Å². The number of amides is 2. The second-order valence-corrected chi connectivity index (χ2v) is 7.85. The lowest BCUT2D eigenvalue weighted by atomic mass is 10.2. The molecule has 2 amide bonds. The number of halogens is 1. The van der Waals surface area contributed by atoms with Crippen LogP contribution in [0.2, 0.25) is 5.02 Å². The van der Waals surface area contributed by atoms with E-state index in [-0.39, 0.29) is 12.0 Å². The highest BCUT2D eigenvalue weighted by molar-refractivity contribution is 6.30. The third-order valence-electron chi connectivity index (χ3n) is 4.15. The molecule has 1 aromatic rings. The van der Waals surface area contributed by atoms with Gasteiger partial charge in [-0.25, -0.2) is 4.79 Å². The topological polar surface area (TPSA) is 71.1 Å². The highest BCUT2D eigenvalue weighted by Gasteiger charge is 2.25. The van der Waals surface area contributed by atoms with Crippen molar-refractivity contribution in [3.8, 4) is 5.75 Å². The summed E-state index contributed by atoms with van der Waals surface area (Å²) in [6, 6.07) is 4.93. The average Bonchev–Trinajstić information content (AvgIpc) is 2.60. The van der Waals surface area contributed by atoms with Crippen LogP contribution in [0.4, 0.5) is 4.79 Å². The van der Waals surface area contributed by atoms with Crippen molar-refractivity contribution in [3.63, 3.8) is 0 Å². The van der Waals surface area contributed by atoms with E-state index in [1.165, 1.54) is 7.11 Å². The highest BCUT2D eigenvalue weighted by atomic mass is 35.5. The summed E-state index contributed by atoms with van der Waals surface area (Å²) < 4.78 is 10.6. The van der Waals surface area contributed by atoms with E-state index in [0.717, 1.165) is 13.1 Å². The molecule has 1 fully saturated rings. The minimum absolute atomic E-state index is 0.198. The van der Waals surface area contributed by atoms with Gasteiger partial charge in [0.25, 0.3) is 5.91 Å². The Bertz CT molecular complexity index is 667. The fourth-order valence-electron chi connectivity index (χ4n) is 2.76. The van der Waals surface area contributed by atoms with E-state index in [4.69, 9.17) is 21.1 Å². The number of nitrogens with zero attached hydrogens (tertiary/aromatic N) is 2. The zero-order chi connectivity index (χ0) is 20.0. The Morgan fingerprint density at radius 3 is 2.44 bits per heavy atom. The number of carbonyl (C=O) groups is 2. The van der Waals surface area contributed by atoms with Gasteiger partial charge in [0, 0.05) is 44.3 Å². The van der Waals surface area contributed by atoms with Gasteiger partial charge in [0.1, 0.15) is 11.4 Å². The van der Waals surface area contributed by atoms with Gasteiger partial charge in [-0.05, 0) is 39.0 Å². The van der Waals surface area contributed by atoms with Crippen LogP contribution in [0, 0.1) is 0 Å². The Balaban J connectivity index is 1.74. The van der Waals surface area contributed by atoms with Gasteiger partial charge in [0.2, 0.25) is 0 Å². The largest absolute Gasteiger partial charge is 0.496 e. The lowest BCUT2D eigenvalue weighted by Gasteiger charge is -2.35. The van der Waals surface area contributed by atoms with Gasteiger partial charge in [-0.15, -0.1) is 0 Å². The zero-order valence-electron chi connectivity index (χ0n) is 16.4. The van der Waals surface area contributed by atoms with E-state index >= 15 is 0 Å². The van der Waals surface area contributed by atoms with Gasteiger partial charge in [-0.2, -0.15) is 0 Å². The van der Waals surface area contributed by atoms with Crippen LogP contribution in [0.5, 0.6) is 5.75 Å². The molecule has 1 aliphatic rings. The predicted molar refractivity (Wildman–Crippen MR) is 105 cm³/mol. The number of benzene rings is 1. The number of carbonyl (C=O) groups excluding carboxylic acids is 2. The van der Waals surface area contributed by atoms with Gasteiger partial charge in [0.15, 0.2) is 0 Å². The molecule has 0 aliphatic carbocycles. The van der Waals surface area contributed by atoms with Crippen LogP contribution in [0.15, 0.2) is 18.2 Å². The van der Waals surface area contributed by atoms with Crippen LogP contribution in [-0.4, -0.2) is 73.8 Å². The molecule has 0 atom stereocenters. The van der Waals surface area contributed by atoms with E-state index in [0.29, 0.717) is 42.5 Å². The van der Waals surface area contributed by atoms with Gasteiger partial charge in [0.05, 0.1) is 12.7 Å². The van der Waals surface area contributed by atoms with Crippen LogP contribution in [-0.2, 0) is 4.74 Å². The summed E-state index contributed by atoms with van der Waals surface area (Å²) in [7, 11) is 1.51. The van der Waals surface area contributed by atoms with Crippen molar-refractivity contribution < 1.29 is 19.1 Å². The number of hydrogen-bond acceptors (Lipinski definition) is 5. The number of rotatable bonds is 5. The number of methoxy groups -OCH3 is 1. The van der Waals surface area contributed by atoms with E-state index in [2.05, 4.69) is 10.2 Å². The zero-order valence-corrected chi connectivity index (χ0v) is 17.1. The van der Waals surface area contributed by atoms with E-state index in [9.17, 15) is 9.59 Å². The Morgan fingerprint density at radius 2 is 1.85 bits per heavy atom. The summed E-state index contributed by atoms with van der Waals surface area (Å²) in [5.41, 5.74) is -0.0297. The first-order chi connectivity index (χ1) is 12.7. The Kier molecular flexibility index (Phi) is 7.33. The molecule has 150 valence electrons. The molecule has 1 heterocycles. The summed E-state index contributed by atoms with van der Waals surface area (Å²) in [6.07, 6.45) is -0.273. The third-order valence-corrected chi connectivity index (χ3v) is 4.38. The van der Waals surface area contributed by atoms with Crippen molar-refractivity contribution >= 4 is 23.6 Å². The van der Waals surface area contributed by atoms with Crippen molar-refractivity contribution in [2.24, 2.45) is 0 Å². The first-order valence-electron chi connectivity index (χ1n) is 9.01. The first kappa shape index (κ1) is 21.3. The molecule has 8 heteroatoms. The monoisotopic (exact) mass is 397 g/mol. The lowest BCUT2D eigenvalue weighted by molar-refractivity contribution is 0.0147. The molecule has 0 unspecified atom stereocenters. The summed E-state index contributed by atoms with van der Waals surface area (Å²) in [4.78, 5) is 28.3. The normalized spacial score (nSPS) is 15.4. The van der Waals surface area contributed by atoms with Crippen LogP contribution in [0.3, 0.4) is 0 Å². The quantitative estimate of drug-likeness (QED) is 0.827. The summed E-state index contributed by atoms with van der Waals surface area (Å²) in [5, 5.41) is 3.42. The molecule has 0 radical (unpaired) electrons. The molecule has 27 heavy (non-hydrogen) atoms. The molecule has 1 aromatic carbocycles. The molecule has 7 nitrogen and oxygen atoms in total. The number of ether oxygens (including phenoxy) is 2. The second-order valence-electron chi connectivity index (χ2n) is 7.41. The fraction of sp³-hybridized carbons (Fsp3) is 0.579. The lowest BCUT2D eigenvalue weighted by Crippen LogP contribution is -2.51. The standard InChI is InChI=1S/C19H28ClN3O4/c1-19(2,3)27-18(25)23-11-9-22(10-12-23)8-7-21-17(24)15-6-5-14(20)13-16(15)26-4/h5-6,13H,7-12H2,1-4H3,(H,21,24). The Labute approximate surface area is 165 Å². The van der Waals surface area contributed by atoms with Crippen molar-refractivity contribution in [1.82, 2.24) is 15.1 Å². The van der Waals surface area contributed by atoms with Crippen LogP contribution < -0.4 is 10.1 Å². The van der Waals surface area contributed by atoms with Crippen molar-refractivity contribution in [3.05, 3.63) is 28.8 Å². The van der Waals surface area contributed by atoms with Crippen molar-refractivity contribution in [2.75, 3.05) is 46.4 Å². The molecule has 0 saturated carbocycles. The smallest absolute Gasteiger partial charge is 0.410 e. The molecular weight excluding hydrogens is 370 g/mol. The summed E-state index contributed by atoms with van der Waals surface area (Å²) in [5.74, 6) is 0.252. The SMILES string of the molecule is COc1cc(Cl)ccc1C(=O)NCCN1CCN(C(=O)OC(C)(C)C)CC1. The van der Waals surface area contributed by atoms with E-state index < -0.39 is 5.60 Å². The molecule has 1 aliphatic heterocycles. The molecule has 0 spiro atoms. The maximum atomic E-state index is 12.3. The van der Waals surface area contributed by atoms with Gasteiger partial charge in [-0.1, -0.05) is 11.6 Å². The van der Waals surface area contributed by atoms with E-state index in [1.807, 2.05) is 20.8 Å². The van der Waals surface area contributed by atoms with Gasteiger partial charge < -0.3 is 19.7 Å². The second kappa shape index (κ2) is 9.28. The minimum atomic E-state index is -0.485. The molecular formula is C19H28ClN3O4. The molecule has 1 saturated heterocycles. The maximum absolute atomic E-state index is 12.3. The van der Waals surface area contributed by atoms with Gasteiger partial charge >= 0.3 is 6.09 Å². The number of piperazine rings is 1. The molecule has 2 rings (SSSR count). The summed E-state index contributed by atoms with van der Waals surface area (Å²) in [6.45, 7) is 9.54. The number of nitrogens with one attached hydrogen (secondary N) is 1. The van der Waals surface area contributed by atoms with Crippen LogP contribution >= 0.6 is 11.6 Å². The molecule has 1 N–H and O–H groups in total. The molecule has 0 bridgehead atoms. The minimum Gasteiger partial charge on any atom is -0.496 e. The van der Waals surface area contributed by atoms with Gasteiger partial charge in [-0.3, -0.25) is 9.69 Å². The van der Waals surface area contributed by atoms with E-state index in [1.54, 1.807) is 23.1 Å². The highest BCUT2D eigenvalue weighted by Crippen LogP contribution is 2.22. The summed E-state index contributed by atoms with van der Waals surface area (Å²) >= 11 is 5.92. The fourth-order valence-corrected chi connectivity index (χ4v) is 2.92. The van der Waals surface area contributed by atoms with Crippen LogP contribution in [0.25, 0.3) is 0 Å². The van der Waals surface area contributed by atoms with Crippen LogP contribution in [0.1, 0.15) is 31.1 Å². The first-order valence-corrected chi connectivity index (χ1v) is 9.39.